The zero-order chi connectivity index (χ0) is 20.5. The van der Waals surface area contributed by atoms with E-state index in [0.29, 0.717) is 49.3 Å². The van der Waals surface area contributed by atoms with Crippen LogP contribution >= 0.6 is 0 Å². The number of benzene rings is 1. The molecule has 154 valence electrons. The number of morpholine rings is 1. The maximum Gasteiger partial charge on any atom is 0.319 e. The van der Waals surface area contributed by atoms with Crippen molar-refractivity contribution < 1.29 is 14.3 Å². The monoisotopic (exact) mass is 399 g/mol. The fourth-order valence-electron chi connectivity index (χ4n) is 2.67. The number of hydrogen-bond donors (Lipinski definition) is 3. The molecule has 0 aliphatic carbocycles. The van der Waals surface area contributed by atoms with E-state index in [2.05, 4.69) is 30.7 Å². The van der Waals surface area contributed by atoms with E-state index in [1.54, 1.807) is 30.5 Å². The third-order valence-electron chi connectivity index (χ3n) is 4.17. The minimum atomic E-state index is -0.494. The largest absolute Gasteiger partial charge is 0.462 e. The highest BCUT2D eigenvalue weighted by atomic mass is 16.5. The number of ether oxygens (including phenoxy) is 2. The normalized spacial score (nSPS) is 14.2. The van der Waals surface area contributed by atoms with Crippen LogP contribution in [0.4, 0.5) is 11.5 Å². The number of nitrogens with one attached hydrogen (secondary N) is 2. The van der Waals surface area contributed by atoms with Gasteiger partial charge in [-0.1, -0.05) is 6.07 Å². The molecule has 3 rings (SSSR count). The number of aromatic nitrogens is 2. The van der Waals surface area contributed by atoms with E-state index in [1.807, 2.05) is 13.1 Å². The van der Waals surface area contributed by atoms with E-state index in [-0.39, 0.29) is 0 Å². The third kappa shape index (κ3) is 6.13. The lowest BCUT2D eigenvalue weighted by atomic mass is 10.2. The molecule has 0 atom stereocenters. The Morgan fingerprint density at radius 2 is 2.17 bits per heavy atom. The molecule has 29 heavy (non-hydrogen) atoms. The van der Waals surface area contributed by atoms with Crippen LogP contribution in [0, 0.1) is 0 Å². The van der Waals surface area contributed by atoms with Crippen LogP contribution in [-0.2, 0) is 4.74 Å². The van der Waals surface area contributed by atoms with Crippen molar-refractivity contribution in [3.05, 3.63) is 41.6 Å². The second-order valence-corrected chi connectivity index (χ2v) is 6.30. The van der Waals surface area contributed by atoms with Gasteiger partial charge in [-0.15, -0.1) is 0 Å². The average molecular weight is 399 g/mol. The van der Waals surface area contributed by atoms with Crippen molar-refractivity contribution in [1.29, 1.82) is 0 Å². The molecule has 1 fully saturated rings. The van der Waals surface area contributed by atoms with Crippen LogP contribution in [0.5, 0.6) is 6.01 Å². The molecule has 2 aromatic rings. The molecule has 10 heteroatoms. The van der Waals surface area contributed by atoms with Gasteiger partial charge in [0, 0.05) is 31.3 Å². The molecular formula is C19H25N7O3. The van der Waals surface area contributed by atoms with Crippen molar-refractivity contribution in [1.82, 2.24) is 15.3 Å². The van der Waals surface area contributed by atoms with Crippen LogP contribution in [0.3, 0.4) is 0 Å². The second-order valence-electron chi connectivity index (χ2n) is 6.30. The molecule has 0 spiro atoms. The van der Waals surface area contributed by atoms with Gasteiger partial charge < -0.3 is 25.4 Å². The number of carbonyl (C=O) groups excluding carboxylic acids is 1. The number of hydrazone groups is 1. The van der Waals surface area contributed by atoms with Gasteiger partial charge in [-0.05, 0) is 25.2 Å². The highest BCUT2D eigenvalue weighted by Crippen LogP contribution is 2.17. The Labute approximate surface area is 169 Å². The van der Waals surface area contributed by atoms with Crippen LogP contribution in [-0.4, -0.2) is 68.6 Å². The van der Waals surface area contributed by atoms with E-state index in [9.17, 15) is 4.79 Å². The molecule has 1 aromatic heterocycles. The minimum Gasteiger partial charge on any atom is -0.462 e. The summed E-state index contributed by atoms with van der Waals surface area (Å²) in [4.78, 5) is 22.3. The van der Waals surface area contributed by atoms with Gasteiger partial charge in [-0.3, -0.25) is 10.2 Å². The Morgan fingerprint density at radius 1 is 1.34 bits per heavy atom. The second kappa shape index (κ2) is 10.3. The summed E-state index contributed by atoms with van der Waals surface area (Å²) in [5, 5.41) is 7.23. The van der Waals surface area contributed by atoms with Gasteiger partial charge in [0.05, 0.1) is 30.8 Å². The van der Waals surface area contributed by atoms with Gasteiger partial charge in [-0.2, -0.15) is 15.1 Å². The first-order valence-electron chi connectivity index (χ1n) is 9.34. The lowest BCUT2D eigenvalue weighted by Gasteiger charge is -2.28. The van der Waals surface area contributed by atoms with Crippen molar-refractivity contribution >= 4 is 23.6 Å². The van der Waals surface area contributed by atoms with Gasteiger partial charge in [0.2, 0.25) is 5.91 Å². The number of amides is 1. The number of carbonyl (C=O) groups is 1. The first-order valence-corrected chi connectivity index (χ1v) is 9.34. The zero-order valence-electron chi connectivity index (χ0n) is 16.3. The van der Waals surface area contributed by atoms with E-state index in [0.717, 1.165) is 18.9 Å². The molecule has 0 radical (unpaired) electrons. The minimum absolute atomic E-state index is 0.293. The maximum atomic E-state index is 11.3. The van der Waals surface area contributed by atoms with Crippen LogP contribution in [0.15, 0.2) is 35.4 Å². The number of nitrogens with two attached hydrogens (primary N) is 1. The Balaban J connectivity index is 1.75. The van der Waals surface area contributed by atoms with Crippen LogP contribution < -0.4 is 26.1 Å². The molecule has 4 N–H and O–H groups in total. The number of primary amides is 1. The molecule has 1 aliphatic rings. The molecule has 1 saturated heterocycles. The molecule has 0 unspecified atom stereocenters. The number of hydrogen-bond acceptors (Lipinski definition) is 9. The number of anilines is 2. The Bertz CT molecular complexity index is 853. The molecule has 1 amide bonds. The fourth-order valence-corrected chi connectivity index (χ4v) is 2.67. The van der Waals surface area contributed by atoms with E-state index >= 15 is 0 Å². The predicted molar refractivity (Wildman–Crippen MR) is 111 cm³/mol. The van der Waals surface area contributed by atoms with Crippen molar-refractivity contribution in [3.8, 4) is 6.01 Å². The standard InChI is InChI=1S/C19H25N7O3/c1-21-5-8-29-19-23-16(12-17(24-19)26-6-9-28-10-7-26)13-22-25-15-4-2-3-14(11-15)18(20)27/h2-4,11-13,21,25H,5-10H2,1H3,(H2,20,27). The molecule has 0 bridgehead atoms. The number of rotatable bonds is 9. The Hall–Kier alpha value is -3.24. The summed E-state index contributed by atoms with van der Waals surface area (Å²) in [7, 11) is 1.85. The van der Waals surface area contributed by atoms with Gasteiger partial charge in [0.1, 0.15) is 12.4 Å². The molecular weight excluding hydrogens is 374 g/mol. The fraction of sp³-hybridized carbons (Fsp3) is 0.368. The van der Waals surface area contributed by atoms with E-state index in [1.165, 1.54) is 0 Å². The predicted octanol–water partition coefficient (Wildman–Crippen LogP) is 0.456. The zero-order valence-corrected chi connectivity index (χ0v) is 16.3. The average Bonchev–Trinajstić information content (AvgIpc) is 2.75. The summed E-state index contributed by atoms with van der Waals surface area (Å²) < 4.78 is 11.1. The maximum absolute atomic E-state index is 11.3. The van der Waals surface area contributed by atoms with Gasteiger partial charge in [-0.25, -0.2) is 0 Å². The SMILES string of the molecule is CNCCOc1nc(C=NNc2cccc(C(N)=O)c2)cc(N2CCOCC2)n1. The van der Waals surface area contributed by atoms with Crippen molar-refractivity contribution in [2.24, 2.45) is 10.8 Å². The molecule has 10 nitrogen and oxygen atoms in total. The van der Waals surface area contributed by atoms with Crippen molar-refractivity contribution in [2.75, 3.05) is 56.8 Å². The quantitative estimate of drug-likeness (QED) is 0.315. The van der Waals surface area contributed by atoms with Gasteiger partial charge in [0.25, 0.3) is 0 Å². The summed E-state index contributed by atoms with van der Waals surface area (Å²) in [6.07, 6.45) is 1.58. The van der Waals surface area contributed by atoms with Crippen molar-refractivity contribution in [2.45, 2.75) is 0 Å². The topological polar surface area (TPSA) is 127 Å². The third-order valence-corrected chi connectivity index (χ3v) is 4.17. The highest BCUT2D eigenvalue weighted by Gasteiger charge is 2.15. The Kier molecular flexibility index (Phi) is 7.31. The van der Waals surface area contributed by atoms with Crippen LogP contribution in [0.1, 0.15) is 16.1 Å². The first-order chi connectivity index (χ1) is 14.2. The van der Waals surface area contributed by atoms with Crippen molar-refractivity contribution in [3.63, 3.8) is 0 Å². The number of nitrogens with zero attached hydrogens (tertiary/aromatic N) is 4. The summed E-state index contributed by atoms with van der Waals surface area (Å²) in [6.45, 7) is 3.95. The van der Waals surface area contributed by atoms with Gasteiger partial charge in [0.15, 0.2) is 0 Å². The highest BCUT2D eigenvalue weighted by molar-refractivity contribution is 5.93. The first kappa shape index (κ1) is 20.5. The summed E-state index contributed by atoms with van der Waals surface area (Å²) >= 11 is 0. The molecule has 0 saturated carbocycles. The van der Waals surface area contributed by atoms with E-state index < -0.39 is 5.91 Å². The lowest BCUT2D eigenvalue weighted by Crippen LogP contribution is -2.37. The molecule has 2 heterocycles. The summed E-state index contributed by atoms with van der Waals surface area (Å²) in [6, 6.07) is 8.93. The molecule has 1 aliphatic heterocycles. The molecule has 1 aromatic carbocycles. The Morgan fingerprint density at radius 3 is 2.93 bits per heavy atom. The lowest BCUT2D eigenvalue weighted by molar-refractivity contribution is 0.100. The summed E-state index contributed by atoms with van der Waals surface area (Å²) in [5.74, 6) is 0.270. The van der Waals surface area contributed by atoms with E-state index in [4.69, 9.17) is 15.2 Å². The van der Waals surface area contributed by atoms with Crippen LogP contribution in [0.2, 0.25) is 0 Å². The van der Waals surface area contributed by atoms with Gasteiger partial charge >= 0.3 is 6.01 Å². The summed E-state index contributed by atoms with van der Waals surface area (Å²) in [5.41, 5.74) is 9.82. The smallest absolute Gasteiger partial charge is 0.319 e. The number of likely N-dealkylation sites (N-methyl/N-ethyl adjacent to an activating group) is 1. The van der Waals surface area contributed by atoms with Crippen LogP contribution in [0.25, 0.3) is 0 Å².